The molecule has 32 heavy (non-hydrogen) atoms. The second kappa shape index (κ2) is 8.48. The molecule has 0 aromatic rings. The molecule has 0 amide bonds. The van der Waals surface area contributed by atoms with Crippen LogP contribution >= 0.6 is 0 Å². The average molecular weight is 453 g/mol. The summed E-state index contributed by atoms with van der Waals surface area (Å²) in [4.78, 5) is 0. The molecule has 4 fully saturated rings. The van der Waals surface area contributed by atoms with Gasteiger partial charge in [0.15, 0.2) is 0 Å². The van der Waals surface area contributed by atoms with Crippen LogP contribution in [0.25, 0.3) is 0 Å². The Bertz CT molecular complexity index is 675. The Morgan fingerprint density at radius 2 is 1.66 bits per heavy atom. The molecule has 5 N–H and O–H groups in total. The molecule has 12 atom stereocenters. The van der Waals surface area contributed by atoms with E-state index in [0.29, 0.717) is 36.5 Å². The van der Waals surface area contributed by atoms with Crippen molar-refractivity contribution in [3.8, 4) is 0 Å². The molecule has 0 heterocycles. The van der Waals surface area contributed by atoms with Crippen LogP contribution in [0.4, 0.5) is 0 Å². The van der Waals surface area contributed by atoms with Crippen molar-refractivity contribution in [2.75, 3.05) is 0 Å². The van der Waals surface area contributed by atoms with Gasteiger partial charge >= 0.3 is 0 Å². The van der Waals surface area contributed by atoms with Crippen LogP contribution in [0.2, 0.25) is 0 Å². The molecule has 5 nitrogen and oxygen atoms in total. The lowest BCUT2D eigenvalue weighted by molar-refractivity contribution is -0.207. The Morgan fingerprint density at radius 3 is 2.31 bits per heavy atom. The summed E-state index contributed by atoms with van der Waals surface area (Å²) in [6.07, 6.45) is 5.66. The van der Waals surface area contributed by atoms with Crippen LogP contribution in [0, 0.1) is 46.3 Å². The molecule has 0 aromatic heterocycles. The zero-order valence-corrected chi connectivity index (χ0v) is 20.9. The van der Waals surface area contributed by atoms with E-state index in [1.165, 1.54) is 0 Å². The quantitative estimate of drug-likeness (QED) is 0.440. The van der Waals surface area contributed by atoms with Crippen LogP contribution in [-0.2, 0) is 0 Å². The first kappa shape index (κ1) is 24.9. The van der Waals surface area contributed by atoms with Crippen molar-refractivity contribution in [2.45, 2.75) is 122 Å². The third kappa shape index (κ3) is 4.08. The van der Waals surface area contributed by atoms with E-state index in [1.54, 1.807) is 13.8 Å². The van der Waals surface area contributed by atoms with E-state index in [4.69, 9.17) is 0 Å². The second-order valence-electron chi connectivity index (χ2n) is 13.4. The van der Waals surface area contributed by atoms with Crippen molar-refractivity contribution >= 4 is 0 Å². The number of rotatable bonds is 5. The molecule has 4 aliphatic carbocycles. The SMILES string of the molecule is C[C@H](CC(O)CC(C)(C)O)[C@H]1CC[C@H]2[C@@H]3[C@H](O)CC4C[C@H](O)CC[C@]4(C)[C@H]3C[C@H](O)[C@]12C. The van der Waals surface area contributed by atoms with E-state index in [-0.39, 0.29) is 34.9 Å². The fraction of sp³-hybridized carbons (Fsp3) is 1.00. The molecule has 0 saturated heterocycles. The molecule has 0 radical (unpaired) electrons. The summed E-state index contributed by atoms with van der Waals surface area (Å²) >= 11 is 0. The topological polar surface area (TPSA) is 101 Å². The maximum absolute atomic E-state index is 11.6. The Morgan fingerprint density at radius 1 is 0.969 bits per heavy atom. The van der Waals surface area contributed by atoms with E-state index in [1.807, 2.05) is 0 Å². The summed E-state index contributed by atoms with van der Waals surface area (Å²) in [7, 11) is 0. The molecule has 4 saturated carbocycles. The number of hydrogen-bond acceptors (Lipinski definition) is 5. The number of hydrogen-bond donors (Lipinski definition) is 5. The van der Waals surface area contributed by atoms with Crippen molar-refractivity contribution in [3.05, 3.63) is 0 Å². The van der Waals surface area contributed by atoms with Gasteiger partial charge in [0, 0.05) is 6.42 Å². The van der Waals surface area contributed by atoms with Gasteiger partial charge in [-0.25, -0.2) is 0 Å². The fourth-order valence-electron chi connectivity index (χ4n) is 9.39. The summed E-state index contributed by atoms with van der Waals surface area (Å²) in [6.45, 7) is 10.3. The van der Waals surface area contributed by atoms with Crippen molar-refractivity contribution in [1.82, 2.24) is 0 Å². The molecule has 0 aliphatic heterocycles. The van der Waals surface area contributed by atoms with Gasteiger partial charge in [0.2, 0.25) is 0 Å². The maximum atomic E-state index is 11.6. The maximum Gasteiger partial charge on any atom is 0.0616 e. The van der Waals surface area contributed by atoms with E-state index in [0.717, 1.165) is 44.9 Å². The van der Waals surface area contributed by atoms with E-state index in [2.05, 4.69) is 20.8 Å². The average Bonchev–Trinajstić information content (AvgIpc) is 3.01. The lowest BCUT2D eigenvalue weighted by atomic mass is 9.43. The van der Waals surface area contributed by atoms with Crippen LogP contribution < -0.4 is 0 Å². The van der Waals surface area contributed by atoms with Gasteiger partial charge in [-0.1, -0.05) is 20.8 Å². The Hall–Kier alpha value is -0.200. The third-order valence-electron chi connectivity index (χ3n) is 10.9. The fourth-order valence-corrected chi connectivity index (χ4v) is 9.39. The van der Waals surface area contributed by atoms with E-state index >= 15 is 0 Å². The van der Waals surface area contributed by atoms with E-state index < -0.39 is 17.8 Å². The van der Waals surface area contributed by atoms with Crippen LogP contribution in [0.5, 0.6) is 0 Å². The standard InChI is InChI=1S/C27H48O5/c1-15(10-18(29)14-25(2,3)32)19-6-7-20-24-21(13-23(31)27(19,20)5)26(4)9-8-17(28)11-16(26)12-22(24)30/h15-24,28-32H,6-14H2,1-5H3/t15-,16?,17-,18?,19-,20+,21+,22-,23+,24+,26+,27-/m1/s1. The highest BCUT2D eigenvalue weighted by molar-refractivity contribution is 5.14. The number of aliphatic hydroxyl groups is 5. The summed E-state index contributed by atoms with van der Waals surface area (Å²) in [5, 5.41) is 53.9. The van der Waals surface area contributed by atoms with Gasteiger partial charge in [0.1, 0.15) is 0 Å². The van der Waals surface area contributed by atoms with Gasteiger partial charge in [-0.15, -0.1) is 0 Å². The molecule has 0 spiro atoms. The van der Waals surface area contributed by atoms with E-state index in [9.17, 15) is 25.5 Å². The molecule has 2 unspecified atom stereocenters. The van der Waals surface area contributed by atoms with Crippen LogP contribution in [0.1, 0.15) is 92.4 Å². The smallest absolute Gasteiger partial charge is 0.0616 e. The van der Waals surface area contributed by atoms with Gasteiger partial charge < -0.3 is 25.5 Å². The first-order valence-electron chi connectivity index (χ1n) is 13.2. The highest BCUT2D eigenvalue weighted by atomic mass is 16.3. The van der Waals surface area contributed by atoms with Gasteiger partial charge in [0.05, 0.1) is 30.0 Å². The molecule has 4 aliphatic rings. The molecule has 186 valence electrons. The van der Waals surface area contributed by atoms with Gasteiger partial charge in [-0.2, -0.15) is 0 Å². The highest BCUT2D eigenvalue weighted by Crippen LogP contribution is 2.68. The van der Waals surface area contributed by atoms with Crippen molar-refractivity contribution < 1.29 is 25.5 Å². The summed E-state index contributed by atoms with van der Waals surface area (Å²) in [5.74, 6) is 1.74. The largest absolute Gasteiger partial charge is 0.393 e. The third-order valence-corrected chi connectivity index (χ3v) is 10.9. The molecular formula is C27H48O5. The molecule has 4 rings (SSSR count). The predicted octanol–water partition coefficient (Wildman–Crippen LogP) is 3.50. The first-order chi connectivity index (χ1) is 14.8. The predicted molar refractivity (Wildman–Crippen MR) is 125 cm³/mol. The molecular weight excluding hydrogens is 404 g/mol. The minimum atomic E-state index is -0.884. The Balaban J connectivity index is 1.55. The minimum Gasteiger partial charge on any atom is -0.393 e. The van der Waals surface area contributed by atoms with Gasteiger partial charge in [-0.05, 0) is 112 Å². The van der Waals surface area contributed by atoms with Crippen LogP contribution in [-0.4, -0.2) is 55.5 Å². The Labute approximate surface area is 194 Å². The summed E-state index contributed by atoms with van der Waals surface area (Å²) in [6, 6.07) is 0. The number of aliphatic hydroxyl groups excluding tert-OH is 4. The van der Waals surface area contributed by atoms with Crippen LogP contribution in [0.15, 0.2) is 0 Å². The van der Waals surface area contributed by atoms with Crippen molar-refractivity contribution in [3.63, 3.8) is 0 Å². The zero-order valence-electron chi connectivity index (χ0n) is 20.9. The first-order valence-corrected chi connectivity index (χ1v) is 13.2. The van der Waals surface area contributed by atoms with Gasteiger partial charge in [-0.3, -0.25) is 0 Å². The Kier molecular flexibility index (Phi) is 6.60. The van der Waals surface area contributed by atoms with Crippen molar-refractivity contribution in [2.24, 2.45) is 46.3 Å². The normalized spacial score (nSPS) is 50.8. The monoisotopic (exact) mass is 452 g/mol. The zero-order chi connectivity index (χ0) is 23.6. The van der Waals surface area contributed by atoms with Gasteiger partial charge in [0.25, 0.3) is 0 Å². The molecule has 0 bridgehead atoms. The lowest BCUT2D eigenvalue weighted by Crippen LogP contribution is -2.62. The molecule has 0 aromatic carbocycles. The van der Waals surface area contributed by atoms with Crippen molar-refractivity contribution in [1.29, 1.82) is 0 Å². The molecule has 5 heteroatoms. The lowest BCUT2D eigenvalue weighted by Gasteiger charge is -2.63. The summed E-state index contributed by atoms with van der Waals surface area (Å²) in [5.41, 5.74) is -1.03. The highest BCUT2D eigenvalue weighted by Gasteiger charge is 2.65. The second-order valence-corrected chi connectivity index (χ2v) is 13.4. The van der Waals surface area contributed by atoms with Crippen LogP contribution in [0.3, 0.4) is 0 Å². The summed E-state index contributed by atoms with van der Waals surface area (Å²) < 4.78 is 0. The minimum absolute atomic E-state index is 0.0953. The number of fused-ring (bicyclic) bond motifs is 5.